The summed E-state index contributed by atoms with van der Waals surface area (Å²) in [5.74, 6) is 0.354. The van der Waals surface area contributed by atoms with Crippen LogP contribution in [0.5, 0.6) is 0 Å². The van der Waals surface area contributed by atoms with Crippen LogP contribution in [-0.2, 0) is 17.6 Å². The number of aliphatic hydroxyl groups is 1. The van der Waals surface area contributed by atoms with E-state index in [1.54, 1.807) is 0 Å². The molecule has 1 amide bonds. The van der Waals surface area contributed by atoms with E-state index in [1.165, 1.54) is 24.0 Å². The molecule has 0 spiro atoms. The Morgan fingerprint density at radius 2 is 1.84 bits per heavy atom. The molecule has 3 rings (SSSR count). The van der Waals surface area contributed by atoms with Gasteiger partial charge in [0, 0.05) is 24.9 Å². The largest absolute Gasteiger partial charge is 0.393 e. The Labute approximate surface area is 150 Å². The summed E-state index contributed by atoms with van der Waals surface area (Å²) in [6, 6.07) is 6.02. The zero-order valence-corrected chi connectivity index (χ0v) is 14.9. The lowest BCUT2D eigenvalue weighted by atomic mass is 9.87. The van der Waals surface area contributed by atoms with Crippen molar-refractivity contribution in [3.8, 4) is 0 Å². The highest BCUT2D eigenvalue weighted by Gasteiger charge is 2.20. The van der Waals surface area contributed by atoms with Gasteiger partial charge in [-0.2, -0.15) is 0 Å². The number of fused-ring (bicyclic) bond motifs is 1. The van der Waals surface area contributed by atoms with Crippen LogP contribution in [-0.4, -0.2) is 29.4 Å². The Morgan fingerprint density at radius 3 is 2.64 bits per heavy atom. The van der Waals surface area contributed by atoms with Crippen molar-refractivity contribution in [3.05, 3.63) is 34.9 Å². The van der Waals surface area contributed by atoms with E-state index in [2.05, 4.69) is 11.4 Å². The molecule has 0 saturated heterocycles. The van der Waals surface area contributed by atoms with Gasteiger partial charge in [0.25, 0.3) is 0 Å². The molecule has 4 nitrogen and oxygen atoms in total. The number of benzene rings is 1. The molecule has 2 N–H and O–H groups in total. The molecule has 0 heterocycles. The number of hydrogen-bond donors (Lipinski definition) is 2. The zero-order chi connectivity index (χ0) is 17.6. The van der Waals surface area contributed by atoms with Crippen molar-refractivity contribution in [1.29, 1.82) is 0 Å². The first-order valence-electron chi connectivity index (χ1n) is 9.71. The summed E-state index contributed by atoms with van der Waals surface area (Å²) < 4.78 is 0. The van der Waals surface area contributed by atoms with Crippen molar-refractivity contribution in [3.63, 3.8) is 0 Å². The van der Waals surface area contributed by atoms with Gasteiger partial charge in [0.15, 0.2) is 5.78 Å². The van der Waals surface area contributed by atoms with Gasteiger partial charge < -0.3 is 10.4 Å². The number of carbonyl (C=O) groups excluding carboxylic acids is 2. The van der Waals surface area contributed by atoms with Crippen molar-refractivity contribution in [2.75, 3.05) is 6.54 Å². The fourth-order valence-electron chi connectivity index (χ4n) is 4.07. The summed E-state index contributed by atoms with van der Waals surface area (Å²) in [6.07, 6.45) is 8.62. The normalized spacial score (nSPS) is 22.9. The highest BCUT2D eigenvalue weighted by Crippen LogP contribution is 2.24. The molecule has 0 aromatic heterocycles. The van der Waals surface area contributed by atoms with E-state index in [0.717, 1.165) is 44.1 Å². The first kappa shape index (κ1) is 18.1. The molecule has 2 aliphatic carbocycles. The third-order valence-electron chi connectivity index (χ3n) is 5.59. The highest BCUT2D eigenvalue weighted by molar-refractivity contribution is 5.98. The molecule has 2 atom stereocenters. The summed E-state index contributed by atoms with van der Waals surface area (Å²) >= 11 is 0. The van der Waals surface area contributed by atoms with Gasteiger partial charge >= 0.3 is 0 Å². The average Bonchev–Trinajstić information content (AvgIpc) is 2.64. The zero-order valence-electron chi connectivity index (χ0n) is 14.9. The standard InChI is InChI=1S/C21H29NO3/c23-19-7-3-4-15(12-19)14-22-21(25)11-10-20(24)18-9-8-16-5-1-2-6-17(16)13-18/h8-9,13,15,19,23H,1-7,10-12,14H2,(H,22,25). The van der Waals surface area contributed by atoms with Crippen LogP contribution in [0.4, 0.5) is 0 Å². The van der Waals surface area contributed by atoms with Gasteiger partial charge in [-0.1, -0.05) is 18.6 Å². The third kappa shape index (κ3) is 5.15. The summed E-state index contributed by atoms with van der Waals surface area (Å²) in [7, 11) is 0. The van der Waals surface area contributed by atoms with Crippen molar-refractivity contribution in [2.45, 2.75) is 70.3 Å². The summed E-state index contributed by atoms with van der Waals surface area (Å²) in [5, 5.41) is 12.6. The molecule has 2 unspecified atom stereocenters. The minimum atomic E-state index is -0.221. The van der Waals surface area contributed by atoms with Crippen LogP contribution in [0.2, 0.25) is 0 Å². The second-order valence-corrected chi connectivity index (χ2v) is 7.60. The van der Waals surface area contributed by atoms with Crippen LogP contribution in [0, 0.1) is 5.92 Å². The number of carbonyl (C=O) groups is 2. The monoisotopic (exact) mass is 343 g/mol. The lowest BCUT2D eigenvalue weighted by Gasteiger charge is -2.25. The van der Waals surface area contributed by atoms with Crippen molar-refractivity contribution < 1.29 is 14.7 Å². The van der Waals surface area contributed by atoms with E-state index in [0.29, 0.717) is 12.5 Å². The first-order valence-corrected chi connectivity index (χ1v) is 9.71. The van der Waals surface area contributed by atoms with Gasteiger partial charge in [-0.15, -0.1) is 0 Å². The Morgan fingerprint density at radius 1 is 1.04 bits per heavy atom. The van der Waals surface area contributed by atoms with Gasteiger partial charge in [0.05, 0.1) is 6.10 Å². The summed E-state index contributed by atoms with van der Waals surface area (Å²) in [6.45, 7) is 0.614. The second kappa shape index (κ2) is 8.61. The van der Waals surface area contributed by atoms with Gasteiger partial charge in [0.1, 0.15) is 0 Å². The van der Waals surface area contributed by atoms with Crippen LogP contribution in [0.25, 0.3) is 0 Å². The van der Waals surface area contributed by atoms with Crippen LogP contribution in [0.1, 0.15) is 72.9 Å². The first-order chi connectivity index (χ1) is 12.1. The van der Waals surface area contributed by atoms with Crippen LogP contribution in [0.3, 0.4) is 0 Å². The van der Waals surface area contributed by atoms with Crippen LogP contribution < -0.4 is 5.32 Å². The minimum Gasteiger partial charge on any atom is -0.393 e. The van der Waals surface area contributed by atoms with Crippen molar-refractivity contribution in [1.82, 2.24) is 5.32 Å². The molecule has 1 aromatic carbocycles. The predicted molar refractivity (Wildman–Crippen MR) is 97.6 cm³/mol. The van der Waals surface area contributed by atoms with E-state index in [4.69, 9.17) is 0 Å². The Kier molecular flexibility index (Phi) is 6.24. The number of amides is 1. The molecule has 0 aliphatic heterocycles. The van der Waals surface area contributed by atoms with Crippen LogP contribution >= 0.6 is 0 Å². The van der Waals surface area contributed by atoms with E-state index < -0.39 is 0 Å². The van der Waals surface area contributed by atoms with Gasteiger partial charge in [0.2, 0.25) is 5.91 Å². The topological polar surface area (TPSA) is 66.4 Å². The molecule has 136 valence electrons. The smallest absolute Gasteiger partial charge is 0.220 e. The number of aryl methyl sites for hydroxylation is 2. The van der Waals surface area contributed by atoms with Crippen molar-refractivity contribution in [2.24, 2.45) is 5.92 Å². The van der Waals surface area contributed by atoms with Gasteiger partial charge in [-0.3, -0.25) is 9.59 Å². The van der Waals surface area contributed by atoms with E-state index in [1.807, 2.05) is 12.1 Å². The number of ketones is 1. The maximum Gasteiger partial charge on any atom is 0.220 e. The Balaban J connectivity index is 1.43. The molecular weight excluding hydrogens is 314 g/mol. The van der Waals surface area contributed by atoms with E-state index in [-0.39, 0.29) is 30.6 Å². The maximum absolute atomic E-state index is 12.4. The highest BCUT2D eigenvalue weighted by atomic mass is 16.3. The van der Waals surface area contributed by atoms with Crippen molar-refractivity contribution >= 4 is 11.7 Å². The van der Waals surface area contributed by atoms with E-state index >= 15 is 0 Å². The molecule has 4 heteroatoms. The quantitative estimate of drug-likeness (QED) is 0.780. The molecule has 1 saturated carbocycles. The number of hydrogen-bond acceptors (Lipinski definition) is 3. The number of rotatable bonds is 6. The molecule has 0 radical (unpaired) electrons. The molecular formula is C21H29NO3. The average molecular weight is 343 g/mol. The Hall–Kier alpha value is -1.68. The minimum absolute atomic E-state index is 0.0524. The predicted octanol–water partition coefficient (Wildman–Crippen LogP) is 3.20. The fourth-order valence-corrected chi connectivity index (χ4v) is 4.07. The lowest BCUT2D eigenvalue weighted by Crippen LogP contribution is -2.33. The number of nitrogens with one attached hydrogen (secondary N) is 1. The summed E-state index contributed by atoms with van der Waals surface area (Å²) in [4.78, 5) is 24.4. The number of aliphatic hydroxyl groups excluding tert-OH is 1. The third-order valence-corrected chi connectivity index (χ3v) is 5.59. The molecule has 1 fully saturated rings. The maximum atomic E-state index is 12.4. The summed E-state index contributed by atoms with van der Waals surface area (Å²) in [5.41, 5.74) is 3.41. The molecule has 0 bridgehead atoms. The Bertz CT molecular complexity index is 626. The molecule has 1 aromatic rings. The molecule has 2 aliphatic rings. The fraction of sp³-hybridized carbons (Fsp3) is 0.619. The lowest BCUT2D eigenvalue weighted by molar-refractivity contribution is -0.121. The van der Waals surface area contributed by atoms with Gasteiger partial charge in [-0.05, 0) is 68.1 Å². The second-order valence-electron chi connectivity index (χ2n) is 7.60. The van der Waals surface area contributed by atoms with Crippen LogP contribution in [0.15, 0.2) is 18.2 Å². The van der Waals surface area contributed by atoms with Gasteiger partial charge in [-0.25, -0.2) is 0 Å². The molecule has 25 heavy (non-hydrogen) atoms. The van der Waals surface area contributed by atoms with E-state index in [9.17, 15) is 14.7 Å². The SMILES string of the molecule is O=C(CCC(=O)c1ccc2c(c1)CCCC2)NCC1CCCC(O)C1. The number of Topliss-reactive ketones (excluding diaryl/α,β-unsaturated/α-hetero) is 1.